The van der Waals surface area contributed by atoms with E-state index in [1.807, 2.05) is 11.8 Å². The summed E-state index contributed by atoms with van der Waals surface area (Å²) in [6.45, 7) is 5.58. The molecule has 0 aliphatic carbocycles. The lowest BCUT2D eigenvalue weighted by Gasteiger charge is -2.04. The predicted octanol–water partition coefficient (Wildman–Crippen LogP) is 0.273. The molecule has 1 aromatic heterocycles. The lowest BCUT2D eigenvalue weighted by molar-refractivity contribution is 0.582. The van der Waals surface area contributed by atoms with E-state index in [9.17, 15) is 0 Å². The summed E-state index contributed by atoms with van der Waals surface area (Å²) in [4.78, 5) is 0. The van der Waals surface area contributed by atoms with Crippen molar-refractivity contribution in [2.75, 3.05) is 6.54 Å². The van der Waals surface area contributed by atoms with Gasteiger partial charge in [-0.15, -0.1) is 5.10 Å². The van der Waals surface area contributed by atoms with Crippen LogP contribution in [0.5, 0.6) is 0 Å². The highest BCUT2D eigenvalue weighted by Crippen LogP contribution is 2.14. The third-order valence-electron chi connectivity index (χ3n) is 1.49. The summed E-state index contributed by atoms with van der Waals surface area (Å²) in [6, 6.07) is 0. The maximum atomic E-state index is 5.42. The van der Waals surface area contributed by atoms with Crippen molar-refractivity contribution in [1.29, 1.82) is 0 Å². The van der Waals surface area contributed by atoms with Gasteiger partial charge in [0.15, 0.2) is 5.82 Å². The maximum absolute atomic E-state index is 5.42. The standard InChI is InChI=1S/C7H15N5S/c1-6(2)13-5-7-9-10-11-12(7)4-3-8/h6H,3-5,8H2,1-2H3. The quantitative estimate of drug-likeness (QED) is 0.740. The van der Waals surface area contributed by atoms with E-state index in [1.165, 1.54) is 0 Å². The molecule has 0 amide bonds. The van der Waals surface area contributed by atoms with E-state index in [1.54, 1.807) is 4.68 Å². The van der Waals surface area contributed by atoms with E-state index in [0.717, 1.165) is 11.6 Å². The number of rotatable bonds is 5. The lowest BCUT2D eigenvalue weighted by atomic mass is 10.6. The van der Waals surface area contributed by atoms with Crippen LogP contribution < -0.4 is 5.73 Å². The summed E-state index contributed by atoms with van der Waals surface area (Å²) < 4.78 is 1.76. The van der Waals surface area contributed by atoms with Crippen molar-refractivity contribution in [3.63, 3.8) is 0 Å². The molecular formula is C7H15N5S. The first-order valence-electron chi connectivity index (χ1n) is 4.30. The molecule has 1 rings (SSSR count). The first-order valence-corrected chi connectivity index (χ1v) is 5.35. The van der Waals surface area contributed by atoms with Crippen LogP contribution in [0.25, 0.3) is 0 Å². The minimum absolute atomic E-state index is 0.574. The molecule has 1 heterocycles. The van der Waals surface area contributed by atoms with Gasteiger partial charge < -0.3 is 5.73 Å². The van der Waals surface area contributed by atoms with Crippen LogP contribution in [0.2, 0.25) is 0 Å². The van der Waals surface area contributed by atoms with Gasteiger partial charge in [-0.05, 0) is 15.7 Å². The second-order valence-corrected chi connectivity index (χ2v) is 4.53. The summed E-state index contributed by atoms with van der Waals surface area (Å²) in [5.41, 5.74) is 5.42. The molecule has 0 saturated carbocycles. The Kier molecular flexibility index (Phi) is 4.17. The van der Waals surface area contributed by atoms with Gasteiger partial charge in [0.1, 0.15) is 0 Å². The van der Waals surface area contributed by atoms with Crippen molar-refractivity contribution in [2.24, 2.45) is 5.73 Å². The zero-order chi connectivity index (χ0) is 9.68. The smallest absolute Gasteiger partial charge is 0.161 e. The molecule has 0 spiro atoms. The Hall–Kier alpha value is -0.620. The van der Waals surface area contributed by atoms with Gasteiger partial charge in [0.05, 0.1) is 12.3 Å². The van der Waals surface area contributed by atoms with Gasteiger partial charge in [-0.1, -0.05) is 13.8 Å². The average molecular weight is 201 g/mol. The monoisotopic (exact) mass is 201 g/mol. The Morgan fingerprint density at radius 2 is 2.31 bits per heavy atom. The van der Waals surface area contributed by atoms with Gasteiger partial charge in [0, 0.05) is 6.54 Å². The molecule has 13 heavy (non-hydrogen) atoms. The third-order valence-corrected chi connectivity index (χ3v) is 2.58. The number of nitrogens with two attached hydrogens (primary N) is 1. The number of thioether (sulfide) groups is 1. The van der Waals surface area contributed by atoms with E-state index in [2.05, 4.69) is 29.4 Å². The summed E-state index contributed by atoms with van der Waals surface area (Å²) in [6.07, 6.45) is 0. The Balaban J connectivity index is 2.49. The molecule has 0 bridgehead atoms. The topological polar surface area (TPSA) is 69.6 Å². The van der Waals surface area contributed by atoms with Crippen molar-refractivity contribution >= 4 is 11.8 Å². The molecule has 1 aromatic rings. The predicted molar refractivity (Wildman–Crippen MR) is 53.3 cm³/mol. The second kappa shape index (κ2) is 5.18. The summed E-state index contributed by atoms with van der Waals surface area (Å²) >= 11 is 1.82. The normalized spacial score (nSPS) is 11.1. The highest BCUT2D eigenvalue weighted by Gasteiger charge is 2.05. The first-order chi connectivity index (χ1) is 6.24. The van der Waals surface area contributed by atoms with Crippen LogP contribution in [0.4, 0.5) is 0 Å². The SMILES string of the molecule is CC(C)SCc1nnnn1CCN. The molecule has 2 N–H and O–H groups in total. The summed E-state index contributed by atoms with van der Waals surface area (Å²) in [7, 11) is 0. The molecular weight excluding hydrogens is 186 g/mol. The van der Waals surface area contributed by atoms with Crippen molar-refractivity contribution < 1.29 is 0 Å². The largest absolute Gasteiger partial charge is 0.329 e. The van der Waals surface area contributed by atoms with Gasteiger partial charge in [0.25, 0.3) is 0 Å². The minimum Gasteiger partial charge on any atom is -0.329 e. The minimum atomic E-state index is 0.574. The van der Waals surface area contributed by atoms with Gasteiger partial charge in [0.2, 0.25) is 0 Å². The summed E-state index contributed by atoms with van der Waals surface area (Å²) in [5, 5.41) is 12.0. The Labute approximate surface area is 82.1 Å². The van der Waals surface area contributed by atoms with E-state index < -0.39 is 0 Å². The molecule has 0 aliphatic heterocycles. The van der Waals surface area contributed by atoms with Crippen LogP contribution in [-0.4, -0.2) is 32.0 Å². The van der Waals surface area contributed by atoms with E-state index in [-0.39, 0.29) is 0 Å². The third kappa shape index (κ3) is 3.31. The summed E-state index contributed by atoms with van der Waals surface area (Å²) in [5.74, 6) is 1.76. The lowest BCUT2D eigenvalue weighted by Crippen LogP contribution is -2.13. The average Bonchev–Trinajstić information content (AvgIpc) is 2.49. The van der Waals surface area contributed by atoms with Gasteiger partial charge >= 0.3 is 0 Å². The Morgan fingerprint density at radius 1 is 1.54 bits per heavy atom. The zero-order valence-electron chi connectivity index (χ0n) is 7.97. The van der Waals surface area contributed by atoms with Crippen molar-refractivity contribution in [3.05, 3.63) is 5.82 Å². The molecule has 0 fully saturated rings. The van der Waals surface area contributed by atoms with Crippen LogP contribution in [0.15, 0.2) is 0 Å². The van der Waals surface area contributed by atoms with Crippen LogP contribution in [0.3, 0.4) is 0 Å². The van der Waals surface area contributed by atoms with E-state index in [4.69, 9.17) is 5.73 Å². The number of nitrogens with zero attached hydrogens (tertiary/aromatic N) is 4. The number of hydrogen-bond donors (Lipinski definition) is 1. The van der Waals surface area contributed by atoms with Gasteiger partial charge in [-0.3, -0.25) is 0 Å². The first kappa shape index (κ1) is 10.5. The van der Waals surface area contributed by atoms with Gasteiger partial charge in [-0.25, -0.2) is 4.68 Å². The van der Waals surface area contributed by atoms with Crippen LogP contribution in [0.1, 0.15) is 19.7 Å². The molecule has 0 aromatic carbocycles. The number of aromatic nitrogens is 4. The van der Waals surface area contributed by atoms with Crippen LogP contribution in [-0.2, 0) is 12.3 Å². The van der Waals surface area contributed by atoms with Crippen molar-refractivity contribution in [1.82, 2.24) is 20.2 Å². The van der Waals surface area contributed by atoms with Crippen LogP contribution >= 0.6 is 11.8 Å². The molecule has 0 atom stereocenters. The highest BCUT2D eigenvalue weighted by atomic mass is 32.2. The van der Waals surface area contributed by atoms with Crippen molar-refractivity contribution in [3.8, 4) is 0 Å². The number of hydrogen-bond acceptors (Lipinski definition) is 5. The fourth-order valence-corrected chi connectivity index (χ4v) is 1.55. The molecule has 74 valence electrons. The van der Waals surface area contributed by atoms with E-state index in [0.29, 0.717) is 18.3 Å². The molecule has 0 saturated heterocycles. The molecule has 6 heteroatoms. The fourth-order valence-electron chi connectivity index (χ4n) is 0.864. The Bertz CT molecular complexity index is 247. The molecule has 0 aliphatic rings. The Morgan fingerprint density at radius 3 is 2.92 bits per heavy atom. The van der Waals surface area contributed by atoms with E-state index >= 15 is 0 Å². The van der Waals surface area contributed by atoms with Gasteiger partial charge in [-0.2, -0.15) is 11.8 Å². The molecule has 0 unspecified atom stereocenters. The highest BCUT2D eigenvalue weighted by molar-refractivity contribution is 7.99. The van der Waals surface area contributed by atoms with Crippen molar-refractivity contribution in [2.45, 2.75) is 31.4 Å². The zero-order valence-corrected chi connectivity index (χ0v) is 8.79. The van der Waals surface area contributed by atoms with Crippen LogP contribution in [0, 0.1) is 0 Å². The molecule has 0 radical (unpaired) electrons. The molecule has 5 nitrogen and oxygen atoms in total. The second-order valence-electron chi connectivity index (χ2n) is 2.97. The maximum Gasteiger partial charge on any atom is 0.161 e. The number of tetrazole rings is 1. The fraction of sp³-hybridized carbons (Fsp3) is 0.857.